The number of rotatable bonds is 6. The van der Waals surface area contributed by atoms with Crippen LogP contribution in [0.15, 0.2) is 52.9 Å². The lowest BCUT2D eigenvalue weighted by molar-refractivity contribution is -0.903. The van der Waals surface area contributed by atoms with Crippen LogP contribution in [0.5, 0.6) is 0 Å². The average Bonchev–Trinajstić information content (AvgIpc) is 3.13. The molecule has 140 valence electrons. The Labute approximate surface area is 167 Å². The summed E-state index contributed by atoms with van der Waals surface area (Å²) in [6.07, 6.45) is 0. The fourth-order valence-corrected chi connectivity index (χ4v) is 2.90. The Kier molecular flexibility index (Phi) is 6.11. The number of carbonyl (C=O) groups is 1. The van der Waals surface area contributed by atoms with Gasteiger partial charge in [-0.3, -0.25) is 4.79 Å². The van der Waals surface area contributed by atoms with E-state index in [1.807, 2.05) is 38.2 Å². The zero-order valence-corrected chi connectivity index (χ0v) is 16.4. The van der Waals surface area contributed by atoms with Crippen LogP contribution in [0.4, 0.5) is 5.69 Å². The number of benzene rings is 2. The van der Waals surface area contributed by atoms with Crippen LogP contribution in [0.25, 0.3) is 11.5 Å². The van der Waals surface area contributed by atoms with Crippen molar-refractivity contribution >= 4 is 34.8 Å². The Bertz CT molecular complexity index is 945. The lowest BCUT2D eigenvalue weighted by Gasteiger charge is -2.18. The molecule has 0 radical (unpaired) electrons. The summed E-state index contributed by atoms with van der Waals surface area (Å²) in [5.74, 6) is 0.697. The molecule has 6 nitrogen and oxygen atoms in total. The zero-order chi connectivity index (χ0) is 19.4. The third kappa shape index (κ3) is 4.86. The van der Waals surface area contributed by atoms with E-state index in [0.29, 0.717) is 27.5 Å². The van der Waals surface area contributed by atoms with Gasteiger partial charge in [0.1, 0.15) is 0 Å². The van der Waals surface area contributed by atoms with Gasteiger partial charge in [0.2, 0.25) is 5.89 Å². The standard InChI is InChI=1S/C19H18Cl2N4O2/c1-12(18-23-24-19(27-18)13-6-5-7-14(20)10-13)25(2)11-17(26)22-16-9-4-3-8-15(16)21/h3-10,12H,11H2,1-2H3,(H,22,26)/p+1/t12-/m0/s1. The number of quaternary nitrogens is 1. The molecule has 0 saturated heterocycles. The Hall–Kier alpha value is -2.41. The Balaban J connectivity index is 1.64. The highest BCUT2D eigenvalue weighted by atomic mass is 35.5. The number of nitrogens with zero attached hydrogens (tertiary/aromatic N) is 2. The number of hydrogen-bond donors (Lipinski definition) is 2. The SMILES string of the molecule is C[C@@H](c1nnc(-c2cccc(Cl)c2)o1)[NH+](C)CC(=O)Nc1ccccc1Cl. The van der Waals surface area contributed by atoms with Crippen molar-refractivity contribution in [1.29, 1.82) is 0 Å². The van der Waals surface area contributed by atoms with Crippen LogP contribution in [-0.2, 0) is 4.79 Å². The first-order chi connectivity index (χ1) is 12.9. The van der Waals surface area contributed by atoms with Gasteiger partial charge in [0.05, 0.1) is 17.8 Å². The molecule has 3 rings (SSSR count). The van der Waals surface area contributed by atoms with E-state index in [1.165, 1.54) is 0 Å². The molecule has 1 amide bonds. The van der Waals surface area contributed by atoms with Gasteiger partial charge < -0.3 is 14.6 Å². The van der Waals surface area contributed by atoms with Crippen LogP contribution in [-0.4, -0.2) is 29.7 Å². The van der Waals surface area contributed by atoms with Gasteiger partial charge in [-0.25, -0.2) is 0 Å². The summed E-state index contributed by atoms with van der Waals surface area (Å²) < 4.78 is 5.77. The van der Waals surface area contributed by atoms with Crippen molar-refractivity contribution < 1.29 is 14.1 Å². The number of hydrogen-bond acceptors (Lipinski definition) is 4. The van der Waals surface area contributed by atoms with Crippen LogP contribution in [0.3, 0.4) is 0 Å². The maximum absolute atomic E-state index is 12.3. The average molecular weight is 406 g/mol. The van der Waals surface area contributed by atoms with Crippen molar-refractivity contribution in [3.05, 3.63) is 64.5 Å². The highest BCUT2D eigenvalue weighted by Gasteiger charge is 2.24. The van der Waals surface area contributed by atoms with E-state index in [0.717, 1.165) is 10.5 Å². The number of halogens is 2. The monoisotopic (exact) mass is 405 g/mol. The smallest absolute Gasteiger partial charge is 0.279 e. The molecule has 0 aliphatic rings. The summed E-state index contributed by atoms with van der Waals surface area (Å²) >= 11 is 12.1. The lowest BCUT2D eigenvalue weighted by Crippen LogP contribution is -3.10. The number of amides is 1. The highest BCUT2D eigenvalue weighted by Crippen LogP contribution is 2.23. The number of nitrogens with one attached hydrogen (secondary N) is 2. The second-order valence-corrected chi connectivity index (χ2v) is 7.07. The maximum Gasteiger partial charge on any atom is 0.279 e. The van der Waals surface area contributed by atoms with Gasteiger partial charge >= 0.3 is 0 Å². The second kappa shape index (κ2) is 8.52. The molecule has 0 aliphatic heterocycles. The van der Waals surface area contributed by atoms with Gasteiger partial charge in [0.15, 0.2) is 12.6 Å². The van der Waals surface area contributed by atoms with Crippen LogP contribution in [0, 0.1) is 0 Å². The van der Waals surface area contributed by atoms with Crippen molar-refractivity contribution in [3.8, 4) is 11.5 Å². The van der Waals surface area contributed by atoms with Gasteiger partial charge in [0, 0.05) is 10.6 Å². The molecular formula is C19H19Cl2N4O2+. The molecule has 1 unspecified atom stereocenters. The molecule has 2 aromatic carbocycles. The summed E-state index contributed by atoms with van der Waals surface area (Å²) in [4.78, 5) is 13.2. The van der Waals surface area contributed by atoms with Crippen molar-refractivity contribution in [3.63, 3.8) is 0 Å². The van der Waals surface area contributed by atoms with E-state index < -0.39 is 0 Å². The molecule has 0 bridgehead atoms. The van der Waals surface area contributed by atoms with E-state index in [4.69, 9.17) is 27.6 Å². The molecule has 8 heteroatoms. The summed E-state index contributed by atoms with van der Waals surface area (Å²) in [5.41, 5.74) is 1.34. The normalized spacial score (nSPS) is 13.2. The minimum atomic E-state index is -0.164. The molecule has 0 fully saturated rings. The quantitative estimate of drug-likeness (QED) is 0.659. The van der Waals surface area contributed by atoms with Crippen LogP contribution in [0.2, 0.25) is 10.0 Å². The Morgan fingerprint density at radius 1 is 1.19 bits per heavy atom. The molecule has 1 aromatic heterocycles. The van der Waals surface area contributed by atoms with Gasteiger partial charge in [-0.1, -0.05) is 41.4 Å². The minimum absolute atomic E-state index is 0.151. The summed E-state index contributed by atoms with van der Waals surface area (Å²) in [5, 5.41) is 12.1. The topological polar surface area (TPSA) is 72.5 Å². The number of carbonyl (C=O) groups excluding carboxylic acids is 1. The van der Waals surface area contributed by atoms with Gasteiger partial charge in [-0.15, -0.1) is 10.2 Å². The van der Waals surface area contributed by atoms with E-state index in [1.54, 1.807) is 24.3 Å². The van der Waals surface area contributed by atoms with Crippen molar-refractivity contribution in [2.24, 2.45) is 0 Å². The number of likely N-dealkylation sites (N-methyl/N-ethyl adjacent to an activating group) is 1. The van der Waals surface area contributed by atoms with Crippen molar-refractivity contribution in [1.82, 2.24) is 10.2 Å². The van der Waals surface area contributed by atoms with Gasteiger partial charge in [-0.05, 0) is 37.3 Å². The van der Waals surface area contributed by atoms with Crippen molar-refractivity contribution in [2.75, 3.05) is 18.9 Å². The number of anilines is 1. The van der Waals surface area contributed by atoms with Crippen molar-refractivity contribution in [2.45, 2.75) is 13.0 Å². The zero-order valence-electron chi connectivity index (χ0n) is 14.9. The van der Waals surface area contributed by atoms with E-state index in [2.05, 4.69) is 15.5 Å². The van der Waals surface area contributed by atoms with Gasteiger partial charge in [-0.2, -0.15) is 0 Å². The number of para-hydroxylation sites is 1. The largest absolute Gasteiger partial charge is 0.415 e. The predicted molar refractivity (Wildman–Crippen MR) is 105 cm³/mol. The maximum atomic E-state index is 12.3. The molecule has 2 N–H and O–H groups in total. The first-order valence-corrected chi connectivity index (χ1v) is 9.15. The lowest BCUT2D eigenvalue weighted by atomic mass is 10.2. The van der Waals surface area contributed by atoms with Crippen LogP contribution >= 0.6 is 23.2 Å². The fraction of sp³-hybridized carbons (Fsp3) is 0.211. The molecule has 0 aliphatic carbocycles. The molecule has 0 spiro atoms. The molecule has 27 heavy (non-hydrogen) atoms. The first-order valence-electron chi connectivity index (χ1n) is 8.40. The van der Waals surface area contributed by atoms with Crippen LogP contribution in [0.1, 0.15) is 18.9 Å². The highest BCUT2D eigenvalue weighted by molar-refractivity contribution is 6.33. The van der Waals surface area contributed by atoms with E-state index in [-0.39, 0.29) is 18.5 Å². The van der Waals surface area contributed by atoms with Gasteiger partial charge in [0.25, 0.3) is 11.8 Å². The van der Waals surface area contributed by atoms with Crippen LogP contribution < -0.4 is 10.2 Å². The minimum Gasteiger partial charge on any atom is -0.415 e. The number of aromatic nitrogens is 2. The van der Waals surface area contributed by atoms with E-state index in [9.17, 15) is 4.79 Å². The van der Waals surface area contributed by atoms with E-state index >= 15 is 0 Å². The second-order valence-electron chi connectivity index (χ2n) is 6.23. The third-order valence-corrected chi connectivity index (χ3v) is 4.77. The molecule has 3 aromatic rings. The Morgan fingerprint density at radius 2 is 1.96 bits per heavy atom. The first kappa shape index (κ1) is 19.4. The molecule has 0 saturated carbocycles. The predicted octanol–water partition coefficient (Wildman–Crippen LogP) is 3.26. The Morgan fingerprint density at radius 3 is 2.70 bits per heavy atom. The fourth-order valence-electron chi connectivity index (χ4n) is 2.52. The molecular weight excluding hydrogens is 387 g/mol. The summed E-state index contributed by atoms with van der Waals surface area (Å²) in [6.45, 7) is 2.15. The third-order valence-electron chi connectivity index (χ3n) is 4.21. The summed E-state index contributed by atoms with van der Waals surface area (Å²) in [6, 6.07) is 14.2. The molecule has 2 atom stereocenters. The summed E-state index contributed by atoms with van der Waals surface area (Å²) in [7, 11) is 1.89. The molecule has 1 heterocycles.